The first-order chi connectivity index (χ1) is 15.7. The van der Waals surface area contributed by atoms with Gasteiger partial charge >= 0.3 is 5.97 Å². The molecule has 0 aliphatic carbocycles. The molecule has 0 bridgehead atoms. The lowest BCUT2D eigenvalue weighted by Gasteiger charge is -2.26. The lowest BCUT2D eigenvalue weighted by Crippen LogP contribution is -2.45. The first kappa shape index (κ1) is 25.2. The molecule has 1 aliphatic heterocycles. The zero-order valence-electron chi connectivity index (χ0n) is 18.5. The molecule has 10 heteroatoms. The summed E-state index contributed by atoms with van der Waals surface area (Å²) in [5, 5.41) is 3.20. The lowest BCUT2D eigenvalue weighted by molar-refractivity contribution is -0.148. The van der Waals surface area contributed by atoms with Crippen LogP contribution in [0.3, 0.4) is 0 Å². The highest BCUT2D eigenvalue weighted by Gasteiger charge is 2.29. The maximum absolute atomic E-state index is 12.9. The lowest BCUT2D eigenvalue weighted by atomic mass is 10.0. The number of hydrogen-bond donors (Lipinski definition) is 1. The van der Waals surface area contributed by atoms with Crippen LogP contribution in [0.2, 0.25) is 5.02 Å². The predicted molar refractivity (Wildman–Crippen MR) is 123 cm³/mol. The number of esters is 1. The molecule has 1 saturated heterocycles. The number of sulfonamides is 1. The Balaban J connectivity index is 1.70. The van der Waals surface area contributed by atoms with Gasteiger partial charge in [0.25, 0.3) is 5.91 Å². The molecule has 1 atom stereocenters. The van der Waals surface area contributed by atoms with Crippen molar-refractivity contribution in [3.05, 3.63) is 64.7 Å². The summed E-state index contributed by atoms with van der Waals surface area (Å²) < 4.78 is 37.7. The van der Waals surface area contributed by atoms with Gasteiger partial charge in [0.1, 0.15) is 12.6 Å². The van der Waals surface area contributed by atoms with E-state index in [0.29, 0.717) is 18.2 Å². The van der Waals surface area contributed by atoms with Crippen molar-refractivity contribution in [2.24, 2.45) is 5.92 Å². The van der Waals surface area contributed by atoms with E-state index in [9.17, 15) is 18.0 Å². The Morgan fingerprint density at radius 3 is 2.48 bits per heavy atom. The number of nitrogens with one attached hydrogen (secondary N) is 1. The van der Waals surface area contributed by atoms with Gasteiger partial charge in [-0.05, 0) is 41.8 Å². The number of ether oxygens (including phenoxy) is 2. The number of amides is 1. The zero-order valence-corrected chi connectivity index (χ0v) is 20.1. The highest BCUT2D eigenvalue weighted by Crippen LogP contribution is 2.19. The number of benzene rings is 2. The van der Waals surface area contributed by atoms with E-state index >= 15 is 0 Å². The molecule has 1 N–H and O–H groups in total. The SMILES string of the molecule is CC(C)[C@H](NC(=O)c1cccc(S(=O)(=O)N2CCOCC2)c1)C(=O)OCc1cccc(Cl)c1. The molecule has 0 spiro atoms. The molecule has 0 saturated carbocycles. The first-order valence-electron chi connectivity index (χ1n) is 10.6. The molecule has 1 aliphatic rings. The van der Waals surface area contributed by atoms with Gasteiger partial charge in [-0.15, -0.1) is 0 Å². The molecule has 0 aromatic heterocycles. The van der Waals surface area contributed by atoms with Crippen molar-refractivity contribution in [2.45, 2.75) is 31.4 Å². The highest BCUT2D eigenvalue weighted by atomic mass is 35.5. The quantitative estimate of drug-likeness (QED) is 0.566. The summed E-state index contributed by atoms with van der Waals surface area (Å²) in [5.74, 6) is -1.40. The fourth-order valence-corrected chi connectivity index (χ4v) is 4.99. The van der Waals surface area contributed by atoms with Crippen LogP contribution in [0, 0.1) is 5.92 Å². The molecule has 3 rings (SSSR count). The van der Waals surface area contributed by atoms with E-state index < -0.39 is 27.9 Å². The second-order valence-corrected chi connectivity index (χ2v) is 10.4. The smallest absolute Gasteiger partial charge is 0.329 e. The Morgan fingerprint density at radius 2 is 1.82 bits per heavy atom. The zero-order chi connectivity index (χ0) is 24.0. The molecule has 178 valence electrons. The van der Waals surface area contributed by atoms with Crippen molar-refractivity contribution in [3.8, 4) is 0 Å². The van der Waals surface area contributed by atoms with Crippen LogP contribution in [0.1, 0.15) is 29.8 Å². The van der Waals surface area contributed by atoms with Crippen LogP contribution in [-0.2, 0) is 30.9 Å². The molecule has 2 aromatic carbocycles. The molecule has 0 unspecified atom stereocenters. The third kappa shape index (κ3) is 6.54. The fourth-order valence-electron chi connectivity index (χ4n) is 3.33. The average molecular weight is 495 g/mol. The Hall–Kier alpha value is -2.46. The van der Waals surface area contributed by atoms with Crippen molar-refractivity contribution < 1.29 is 27.5 Å². The van der Waals surface area contributed by atoms with Gasteiger partial charge in [0, 0.05) is 23.7 Å². The van der Waals surface area contributed by atoms with Gasteiger partial charge < -0.3 is 14.8 Å². The number of hydrogen-bond acceptors (Lipinski definition) is 6. The summed E-state index contributed by atoms with van der Waals surface area (Å²) in [6.07, 6.45) is 0. The van der Waals surface area contributed by atoms with Crippen molar-refractivity contribution >= 4 is 33.5 Å². The Bertz CT molecular complexity index is 1100. The van der Waals surface area contributed by atoms with E-state index in [1.165, 1.54) is 28.6 Å². The number of morpholine rings is 1. The predicted octanol–water partition coefficient (Wildman–Crippen LogP) is 2.86. The van der Waals surface area contributed by atoms with E-state index in [0.717, 1.165) is 5.56 Å². The second kappa shape index (κ2) is 11.1. The second-order valence-electron chi connectivity index (χ2n) is 7.98. The number of nitrogens with zero attached hydrogens (tertiary/aromatic N) is 1. The monoisotopic (exact) mass is 494 g/mol. The standard InChI is InChI=1S/C23H27ClN2O6S/c1-16(2)21(23(28)32-15-17-5-3-7-19(24)13-17)25-22(27)18-6-4-8-20(14-18)33(29,30)26-9-11-31-12-10-26/h3-8,13-14,16,21H,9-12,15H2,1-2H3,(H,25,27)/t21-/m0/s1. The van der Waals surface area contributed by atoms with Gasteiger partial charge in [-0.25, -0.2) is 13.2 Å². The third-order valence-electron chi connectivity index (χ3n) is 5.18. The molecule has 0 radical (unpaired) electrons. The summed E-state index contributed by atoms with van der Waals surface area (Å²) >= 11 is 5.95. The van der Waals surface area contributed by atoms with Crippen molar-refractivity contribution in [3.63, 3.8) is 0 Å². The molecule has 1 amide bonds. The number of carbonyl (C=O) groups excluding carboxylic acids is 2. The summed E-state index contributed by atoms with van der Waals surface area (Å²) in [6.45, 7) is 4.75. The van der Waals surface area contributed by atoms with Gasteiger partial charge in [0.15, 0.2) is 0 Å². The fraction of sp³-hybridized carbons (Fsp3) is 0.391. The highest BCUT2D eigenvalue weighted by molar-refractivity contribution is 7.89. The van der Waals surface area contributed by atoms with Gasteiger partial charge in [0.2, 0.25) is 10.0 Å². The number of rotatable bonds is 8. The van der Waals surface area contributed by atoms with Crippen molar-refractivity contribution in [1.82, 2.24) is 9.62 Å². The van der Waals surface area contributed by atoms with Gasteiger partial charge in [-0.2, -0.15) is 4.31 Å². The minimum Gasteiger partial charge on any atom is -0.459 e. The maximum atomic E-state index is 12.9. The third-order valence-corrected chi connectivity index (χ3v) is 7.31. The van der Waals surface area contributed by atoms with Crippen LogP contribution in [0.5, 0.6) is 0 Å². The van der Waals surface area contributed by atoms with E-state index in [4.69, 9.17) is 21.1 Å². The van der Waals surface area contributed by atoms with Crippen molar-refractivity contribution in [1.29, 1.82) is 0 Å². The van der Waals surface area contributed by atoms with E-state index in [-0.39, 0.29) is 36.1 Å². The molecule has 1 fully saturated rings. The van der Waals surface area contributed by atoms with Crippen LogP contribution < -0.4 is 5.32 Å². The van der Waals surface area contributed by atoms with Gasteiger partial charge in [-0.1, -0.05) is 43.6 Å². The van der Waals surface area contributed by atoms with Crippen LogP contribution in [0.4, 0.5) is 0 Å². The molecule has 2 aromatic rings. The normalized spacial score (nSPS) is 15.8. The van der Waals surface area contributed by atoms with Crippen LogP contribution in [0.15, 0.2) is 53.4 Å². The summed E-state index contributed by atoms with van der Waals surface area (Å²) in [7, 11) is -3.75. The van der Waals surface area contributed by atoms with E-state index in [1.54, 1.807) is 38.1 Å². The molecular weight excluding hydrogens is 468 g/mol. The van der Waals surface area contributed by atoms with E-state index in [2.05, 4.69) is 5.32 Å². The van der Waals surface area contributed by atoms with E-state index in [1.807, 2.05) is 0 Å². The Kier molecular flexibility index (Phi) is 8.47. The maximum Gasteiger partial charge on any atom is 0.329 e. The molecular formula is C23H27ClN2O6S. The first-order valence-corrected chi connectivity index (χ1v) is 12.4. The Labute approximate surface area is 198 Å². The molecule has 8 nitrogen and oxygen atoms in total. The summed E-state index contributed by atoms with van der Waals surface area (Å²) in [4.78, 5) is 25.5. The minimum atomic E-state index is -3.75. The average Bonchev–Trinajstić information content (AvgIpc) is 2.81. The topological polar surface area (TPSA) is 102 Å². The van der Waals surface area contributed by atoms with Crippen LogP contribution in [-0.4, -0.2) is 56.9 Å². The summed E-state index contributed by atoms with van der Waals surface area (Å²) in [5.41, 5.74) is 0.864. The minimum absolute atomic E-state index is 0.0154. The number of halogens is 1. The largest absolute Gasteiger partial charge is 0.459 e. The van der Waals surface area contributed by atoms with Crippen LogP contribution in [0.25, 0.3) is 0 Å². The molecule has 1 heterocycles. The summed E-state index contributed by atoms with van der Waals surface area (Å²) in [6, 6.07) is 11.8. The van der Waals surface area contributed by atoms with Crippen LogP contribution >= 0.6 is 11.6 Å². The Morgan fingerprint density at radius 1 is 1.12 bits per heavy atom. The number of carbonyl (C=O) groups is 2. The van der Waals surface area contributed by atoms with Gasteiger partial charge in [0.05, 0.1) is 18.1 Å². The van der Waals surface area contributed by atoms with Crippen molar-refractivity contribution in [2.75, 3.05) is 26.3 Å². The molecule has 33 heavy (non-hydrogen) atoms. The van der Waals surface area contributed by atoms with Gasteiger partial charge in [-0.3, -0.25) is 4.79 Å².